The highest BCUT2D eigenvalue weighted by Crippen LogP contribution is 2.69. The Morgan fingerprint density at radius 2 is 1.95 bits per heavy atom. The number of Topliss-reactive ketones (excluding diaryl/α,β-unsaturated/α-hetero) is 1. The van der Waals surface area contributed by atoms with Crippen molar-refractivity contribution in [1.82, 2.24) is 9.78 Å². The molecule has 0 saturated heterocycles. The lowest BCUT2D eigenvalue weighted by molar-refractivity contribution is -0.120. The van der Waals surface area contributed by atoms with E-state index in [0.29, 0.717) is 18.1 Å². The third-order valence-electron chi connectivity index (χ3n) is 6.28. The predicted molar refractivity (Wildman–Crippen MR) is 80.7 cm³/mol. The molecule has 0 spiro atoms. The molecule has 3 aliphatic carbocycles. The van der Waals surface area contributed by atoms with E-state index in [0.717, 1.165) is 40.3 Å². The standard InChI is InChI=1S/C18H20N2O/c1-20-14-5-3-2-4-12(14)13(19-20)9-15(21)18-16-10-6-7-11(8-10)17(16)18/h2-5,10-11,16-18H,6-9H2,1H3. The normalized spacial score (nSPS) is 36.1. The number of benzene rings is 1. The van der Waals surface area contributed by atoms with Crippen molar-refractivity contribution in [2.24, 2.45) is 36.6 Å². The average molecular weight is 280 g/mol. The van der Waals surface area contributed by atoms with Gasteiger partial charge in [-0.3, -0.25) is 9.48 Å². The summed E-state index contributed by atoms with van der Waals surface area (Å²) in [5.74, 6) is 4.05. The summed E-state index contributed by atoms with van der Waals surface area (Å²) in [6.07, 6.45) is 4.69. The van der Waals surface area contributed by atoms with Gasteiger partial charge >= 0.3 is 0 Å². The first-order valence-electron chi connectivity index (χ1n) is 8.17. The number of hydrogen-bond acceptors (Lipinski definition) is 2. The molecule has 3 saturated carbocycles. The minimum Gasteiger partial charge on any atom is -0.299 e. The van der Waals surface area contributed by atoms with Crippen LogP contribution < -0.4 is 0 Å². The predicted octanol–water partition coefficient (Wildman–Crippen LogP) is 2.98. The van der Waals surface area contributed by atoms with E-state index in [2.05, 4.69) is 17.2 Å². The van der Waals surface area contributed by atoms with Gasteiger partial charge in [-0.15, -0.1) is 0 Å². The number of aromatic nitrogens is 2. The second-order valence-electron chi connectivity index (χ2n) is 7.24. The number of ketones is 1. The summed E-state index contributed by atoms with van der Waals surface area (Å²) in [5, 5.41) is 5.72. The van der Waals surface area contributed by atoms with Crippen LogP contribution in [0.3, 0.4) is 0 Å². The van der Waals surface area contributed by atoms with Crippen molar-refractivity contribution in [2.45, 2.75) is 25.7 Å². The Morgan fingerprint density at radius 3 is 2.71 bits per heavy atom. The van der Waals surface area contributed by atoms with Crippen LogP contribution in [0.1, 0.15) is 25.0 Å². The summed E-state index contributed by atoms with van der Waals surface area (Å²) in [7, 11) is 1.96. The van der Waals surface area contributed by atoms with Gasteiger partial charge in [0.2, 0.25) is 0 Å². The molecule has 1 heterocycles. The van der Waals surface area contributed by atoms with Gasteiger partial charge < -0.3 is 0 Å². The Morgan fingerprint density at radius 1 is 1.24 bits per heavy atom. The number of para-hydroxylation sites is 1. The average Bonchev–Trinajstić information content (AvgIpc) is 2.77. The van der Waals surface area contributed by atoms with E-state index in [1.54, 1.807) is 0 Å². The van der Waals surface area contributed by atoms with Crippen molar-refractivity contribution in [3.8, 4) is 0 Å². The number of fused-ring (bicyclic) bond motifs is 6. The van der Waals surface area contributed by atoms with Gasteiger partial charge in [-0.2, -0.15) is 5.10 Å². The molecule has 3 fully saturated rings. The topological polar surface area (TPSA) is 34.9 Å². The highest BCUT2D eigenvalue weighted by molar-refractivity contribution is 5.91. The molecule has 0 amide bonds. The zero-order chi connectivity index (χ0) is 14.1. The van der Waals surface area contributed by atoms with Crippen LogP contribution in [0, 0.1) is 29.6 Å². The van der Waals surface area contributed by atoms with Gasteiger partial charge in [0.05, 0.1) is 17.6 Å². The van der Waals surface area contributed by atoms with Crippen LogP contribution in [-0.4, -0.2) is 15.6 Å². The molecule has 1 aromatic heterocycles. The Balaban J connectivity index is 1.41. The van der Waals surface area contributed by atoms with Crippen molar-refractivity contribution >= 4 is 16.7 Å². The molecule has 3 nitrogen and oxygen atoms in total. The molecular weight excluding hydrogens is 260 g/mol. The number of carbonyl (C=O) groups is 1. The third-order valence-corrected chi connectivity index (χ3v) is 6.28. The third kappa shape index (κ3) is 1.55. The molecule has 5 rings (SSSR count). The molecule has 1 aromatic carbocycles. The van der Waals surface area contributed by atoms with E-state index < -0.39 is 0 Å². The van der Waals surface area contributed by atoms with Gasteiger partial charge in [-0.1, -0.05) is 18.2 Å². The van der Waals surface area contributed by atoms with Crippen LogP contribution in [0.25, 0.3) is 10.9 Å². The first-order chi connectivity index (χ1) is 10.2. The summed E-state index contributed by atoms with van der Waals surface area (Å²) in [5.41, 5.74) is 2.09. The fraction of sp³-hybridized carbons (Fsp3) is 0.556. The largest absolute Gasteiger partial charge is 0.299 e. The lowest BCUT2D eigenvalue weighted by Crippen LogP contribution is -2.12. The molecule has 0 radical (unpaired) electrons. The van der Waals surface area contributed by atoms with Gasteiger partial charge in [-0.25, -0.2) is 0 Å². The summed E-state index contributed by atoms with van der Waals surface area (Å²) in [6, 6.07) is 8.22. The van der Waals surface area contributed by atoms with Crippen molar-refractivity contribution < 1.29 is 4.79 Å². The number of nitrogens with zero attached hydrogens (tertiary/aromatic N) is 2. The molecule has 2 bridgehead atoms. The van der Waals surface area contributed by atoms with Crippen LogP contribution >= 0.6 is 0 Å². The lowest BCUT2D eigenvalue weighted by Gasteiger charge is -2.06. The number of hydrogen-bond donors (Lipinski definition) is 0. The van der Waals surface area contributed by atoms with Crippen LogP contribution in [-0.2, 0) is 18.3 Å². The van der Waals surface area contributed by atoms with Crippen molar-refractivity contribution in [1.29, 1.82) is 0 Å². The number of aryl methyl sites for hydroxylation is 1. The molecule has 108 valence electrons. The van der Waals surface area contributed by atoms with E-state index in [9.17, 15) is 4.79 Å². The quantitative estimate of drug-likeness (QED) is 0.866. The van der Waals surface area contributed by atoms with Crippen molar-refractivity contribution in [3.05, 3.63) is 30.0 Å². The first kappa shape index (κ1) is 12.0. The maximum atomic E-state index is 12.7. The fourth-order valence-electron chi connectivity index (χ4n) is 5.46. The van der Waals surface area contributed by atoms with Crippen molar-refractivity contribution in [3.63, 3.8) is 0 Å². The van der Waals surface area contributed by atoms with Gasteiger partial charge in [-0.05, 0) is 49.0 Å². The van der Waals surface area contributed by atoms with E-state index in [1.165, 1.54) is 19.3 Å². The maximum Gasteiger partial charge on any atom is 0.142 e. The summed E-state index contributed by atoms with van der Waals surface area (Å²) in [6.45, 7) is 0. The van der Waals surface area contributed by atoms with Gasteiger partial charge in [0, 0.05) is 18.4 Å². The summed E-state index contributed by atoms with van der Waals surface area (Å²) >= 11 is 0. The van der Waals surface area contributed by atoms with Crippen LogP contribution in [0.4, 0.5) is 0 Å². The molecule has 2 aromatic rings. The molecule has 21 heavy (non-hydrogen) atoms. The SMILES string of the molecule is Cn1nc(CC(=O)C2C3C4CCC(C4)C23)c2ccccc21. The van der Waals surface area contributed by atoms with Crippen LogP contribution in [0.5, 0.6) is 0 Å². The molecule has 0 aliphatic heterocycles. The van der Waals surface area contributed by atoms with Crippen LogP contribution in [0.15, 0.2) is 24.3 Å². The summed E-state index contributed by atoms with van der Waals surface area (Å²) in [4.78, 5) is 12.7. The highest BCUT2D eigenvalue weighted by Gasteiger charge is 2.66. The highest BCUT2D eigenvalue weighted by atomic mass is 16.1. The van der Waals surface area contributed by atoms with E-state index in [4.69, 9.17) is 0 Å². The Hall–Kier alpha value is -1.64. The van der Waals surface area contributed by atoms with E-state index in [-0.39, 0.29) is 0 Å². The first-order valence-corrected chi connectivity index (χ1v) is 8.17. The monoisotopic (exact) mass is 280 g/mol. The molecule has 3 heteroatoms. The van der Waals surface area contributed by atoms with Crippen LogP contribution in [0.2, 0.25) is 0 Å². The van der Waals surface area contributed by atoms with Gasteiger partial charge in [0.15, 0.2) is 0 Å². The Kier molecular flexibility index (Phi) is 2.26. The summed E-state index contributed by atoms with van der Waals surface area (Å²) < 4.78 is 1.90. The minimum absolute atomic E-state index is 0.372. The van der Waals surface area contributed by atoms with Gasteiger partial charge in [0.25, 0.3) is 0 Å². The number of carbonyl (C=O) groups excluding carboxylic acids is 1. The Bertz CT molecular complexity index is 731. The molecule has 0 N–H and O–H groups in total. The maximum absolute atomic E-state index is 12.7. The molecular formula is C18H20N2O. The molecule has 4 atom stereocenters. The fourth-order valence-corrected chi connectivity index (χ4v) is 5.46. The van der Waals surface area contributed by atoms with Crippen molar-refractivity contribution in [2.75, 3.05) is 0 Å². The molecule has 4 unspecified atom stereocenters. The number of rotatable bonds is 3. The van der Waals surface area contributed by atoms with E-state index in [1.807, 2.05) is 23.9 Å². The minimum atomic E-state index is 0.372. The second-order valence-corrected chi connectivity index (χ2v) is 7.24. The Labute approximate surface area is 124 Å². The smallest absolute Gasteiger partial charge is 0.142 e. The van der Waals surface area contributed by atoms with Gasteiger partial charge in [0.1, 0.15) is 5.78 Å². The zero-order valence-corrected chi connectivity index (χ0v) is 12.3. The van der Waals surface area contributed by atoms with E-state index >= 15 is 0 Å². The lowest BCUT2D eigenvalue weighted by atomic mass is 9.97. The molecule has 3 aliphatic rings. The zero-order valence-electron chi connectivity index (χ0n) is 12.3. The second kappa shape index (κ2) is 3.96.